The second-order valence-electron chi connectivity index (χ2n) is 5.00. The smallest absolute Gasteiger partial charge is 0.228 e. The van der Waals surface area contributed by atoms with Gasteiger partial charge in [-0.3, -0.25) is 4.79 Å². The molecule has 2 unspecified atom stereocenters. The lowest BCUT2D eigenvalue weighted by Gasteiger charge is -2.25. The van der Waals surface area contributed by atoms with Crippen LogP contribution in [0.1, 0.15) is 49.0 Å². The Balaban J connectivity index is 2.07. The second-order valence-corrected chi connectivity index (χ2v) is 6.47. The number of aryl methyl sites for hydroxylation is 1. The third-order valence-corrected chi connectivity index (χ3v) is 4.89. The van der Waals surface area contributed by atoms with Crippen LogP contribution >= 0.6 is 23.6 Å². The maximum Gasteiger partial charge on any atom is 0.228 e. The van der Waals surface area contributed by atoms with E-state index in [1.807, 2.05) is 0 Å². The van der Waals surface area contributed by atoms with Gasteiger partial charge in [-0.2, -0.15) is 0 Å². The lowest BCUT2D eigenvalue weighted by Crippen LogP contribution is -2.45. The van der Waals surface area contributed by atoms with E-state index in [-0.39, 0.29) is 17.9 Å². The van der Waals surface area contributed by atoms with Crippen LogP contribution in [-0.2, 0) is 11.2 Å². The van der Waals surface area contributed by atoms with Crippen LogP contribution in [0.3, 0.4) is 0 Å². The van der Waals surface area contributed by atoms with E-state index in [1.165, 1.54) is 10.4 Å². The quantitative estimate of drug-likeness (QED) is 0.822. The van der Waals surface area contributed by atoms with Crippen molar-refractivity contribution < 1.29 is 4.79 Å². The molecule has 0 spiro atoms. The van der Waals surface area contributed by atoms with Crippen molar-refractivity contribution in [3.8, 4) is 0 Å². The molecule has 1 heterocycles. The number of amides is 1. The van der Waals surface area contributed by atoms with Crippen molar-refractivity contribution in [3.05, 3.63) is 21.9 Å². The first-order chi connectivity index (χ1) is 9.13. The van der Waals surface area contributed by atoms with Crippen LogP contribution < -0.4 is 11.1 Å². The van der Waals surface area contributed by atoms with Gasteiger partial charge in [0.05, 0.1) is 16.9 Å². The molecule has 1 aliphatic carbocycles. The molecule has 1 aromatic heterocycles. The zero-order valence-electron chi connectivity index (χ0n) is 11.1. The molecule has 2 rings (SSSR count). The van der Waals surface area contributed by atoms with Crippen LogP contribution in [0.2, 0.25) is 0 Å². The number of rotatable bonds is 5. The van der Waals surface area contributed by atoms with Gasteiger partial charge < -0.3 is 11.1 Å². The summed E-state index contributed by atoms with van der Waals surface area (Å²) in [5.74, 6) is 0.0503. The van der Waals surface area contributed by atoms with Crippen molar-refractivity contribution >= 4 is 34.5 Å². The second kappa shape index (κ2) is 6.48. The summed E-state index contributed by atoms with van der Waals surface area (Å²) in [6.07, 6.45) is 4.87. The van der Waals surface area contributed by atoms with Crippen molar-refractivity contribution in [2.24, 2.45) is 5.73 Å². The molecule has 0 aromatic carbocycles. The molecule has 1 aliphatic rings. The molecule has 5 heteroatoms. The number of hydrogen-bond acceptors (Lipinski definition) is 3. The van der Waals surface area contributed by atoms with Crippen molar-refractivity contribution in [1.29, 1.82) is 0 Å². The summed E-state index contributed by atoms with van der Waals surface area (Å²) in [4.78, 5) is 14.2. The SMILES string of the molecule is CCCC(NC(=O)C1CCCc2sccc21)C(N)=S. The third-order valence-electron chi connectivity index (χ3n) is 3.61. The van der Waals surface area contributed by atoms with Crippen molar-refractivity contribution in [1.82, 2.24) is 5.32 Å². The first-order valence-corrected chi connectivity index (χ1v) is 8.08. The normalized spacial score (nSPS) is 19.5. The van der Waals surface area contributed by atoms with E-state index in [1.54, 1.807) is 11.3 Å². The molecule has 2 atom stereocenters. The average Bonchev–Trinajstić information content (AvgIpc) is 2.85. The average molecular weight is 296 g/mol. The minimum atomic E-state index is -0.170. The van der Waals surface area contributed by atoms with Gasteiger partial charge in [-0.15, -0.1) is 11.3 Å². The minimum absolute atomic E-state index is 0.0243. The van der Waals surface area contributed by atoms with Crippen LogP contribution in [0.15, 0.2) is 11.4 Å². The lowest BCUT2D eigenvalue weighted by molar-refractivity contribution is -0.123. The standard InChI is InChI=1S/C14H20N2OS2/c1-2-4-11(13(15)18)16-14(17)10-5-3-6-12-9(10)7-8-19-12/h7-8,10-11H,2-6H2,1H3,(H2,15,18)(H,16,17). The van der Waals surface area contributed by atoms with Gasteiger partial charge in [0.2, 0.25) is 5.91 Å². The molecule has 104 valence electrons. The highest BCUT2D eigenvalue weighted by Gasteiger charge is 2.28. The Labute approximate surface area is 123 Å². The fourth-order valence-electron chi connectivity index (χ4n) is 2.61. The van der Waals surface area contributed by atoms with E-state index in [0.29, 0.717) is 4.99 Å². The van der Waals surface area contributed by atoms with Gasteiger partial charge in [-0.1, -0.05) is 25.6 Å². The van der Waals surface area contributed by atoms with Crippen LogP contribution in [0, 0.1) is 0 Å². The Kier molecular flexibility index (Phi) is 4.93. The summed E-state index contributed by atoms with van der Waals surface area (Å²) in [6.45, 7) is 2.06. The molecule has 0 bridgehead atoms. The summed E-state index contributed by atoms with van der Waals surface area (Å²) < 4.78 is 0. The molecule has 1 aromatic rings. The highest BCUT2D eigenvalue weighted by Crippen LogP contribution is 2.35. The topological polar surface area (TPSA) is 55.1 Å². The number of nitrogens with two attached hydrogens (primary N) is 1. The van der Waals surface area contributed by atoms with E-state index < -0.39 is 0 Å². The van der Waals surface area contributed by atoms with Gasteiger partial charge >= 0.3 is 0 Å². The summed E-state index contributed by atoms with van der Waals surface area (Å²) >= 11 is 6.78. The summed E-state index contributed by atoms with van der Waals surface area (Å²) in [5.41, 5.74) is 6.89. The third kappa shape index (κ3) is 3.34. The highest BCUT2D eigenvalue weighted by molar-refractivity contribution is 7.80. The van der Waals surface area contributed by atoms with Gasteiger partial charge in [0.25, 0.3) is 0 Å². The Morgan fingerprint density at radius 1 is 1.68 bits per heavy atom. The zero-order chi connectivity index (χ0) is 13.8. The number of carbonyl (C=O) groups is 1. The molecule has 0 saturated carbocycles. The Bertz CT molecular complexity index is 470. The Morgan fingerprint density at radius 3 is 3.16 bits per heavy atom. The molecule has 19 heavy (non-hydrogen) atoms. The van der Waals surface area contributed by atoms with Gasteiger partial charge in [0, 0.05) is 4.88 Å². The number of carbonyl (C=O) groups excluding carboxylic acids is 1. The predicted octanol–water partition coefficient (Wildman–Crippen LogP) is 2.74. The van der Waals surface area contributed by atoms with E-state index in [0.717, 1.165) is 32.1 Å². The maximum atomic E-state index is 12.4. The minimum Gasteiger partial charge on any atom is -0.392 e. The van der Waals surface area contributed by atoms with E-state index in [9.17, 15) is 4.79 Å². The largest absolute Gasteiger partial charge is 0.392 e. The van der Waals surface area contributed by atoms with Crippen LogP contribution in [-0.4, -0.2) is 16.9 Å². The fourth-order valence-corrected chi connectivity index (χ4v) is 3.77. The first kappa shape index (κ1) is 14.5. The van der Waals surface area contributed by atoms with Crippen LogP contribution in [0.5, 0.6) is 0 Å². The molecule has 1 amide bonds. The number of hydrogen-bond donors (Lipinski definition) is 2. The zero-order valence-corrected chi connectivity index (χ0v) is 12.8. The van der Waals surface area contributed by atoms with E-state index >= 15 is 0 Å². The first-order valence-electron chi connectivity index (χ1n) is 6.79. The van der Waals surface area contributed by atoms with E-state index in [2.05, 4.69) is 23.7 Å². The molecule has 0 saturated heterocycles. The maximum absolute atomic E-state index is 12.4. The lowest BCUT2D eigenvalue weighted by atomic mass is 9.87. The monoisotopic (exact) mass is 296 g/mol. The Morgan fingerprint density at radius 2 is 2.47 bits per heavy atom. The van der Waals surface area contributed by atoms with Gasteiger partial charge in [-0.25, -0.2) is 0 Å². The molecule has 3 N–H and O–H groups in total. The number of nitrogens with one attached hydrogen (secondary N) is 1. The molecule has 0 fully saturated rings. The van der Waals surface area contributed by atoms with Gasteiger partial charge in [-0.05, 0) is 42.7 Å². The number of fused-ring (bicyclic) bond motifs is 1. The predicted molar refractivity (Wildman–Crippen MR) is 83.6 cm³/mol. The van der Waals surface area contributed by atoms with E-state index in [4.69, 9.17) is 18.0 Å². The summed E-state index contributed by atoms with van der Waals surface area (Å²) in [6, 6.07) is 1.91. The molecule has 0 aliphatic heterocycles. The summed E-state index contributed by atoms with van der Waals surface area (Å²) in [7, 11) is 0. The molecule has 3 nitrogen and oxygen atoms in total. The van der Waals surface area contributed by atoms with Crippen molar-refractivity contribution in [3.63, 3.8) is 0 Å². The summed E-state index contributed by atoms with van der Waals surface area (Å²) in [5, 5.41) is 5.09. The van der Waals surface area contributed by atoms with Crippen molar-refractivity contribution in [2.45, 2.75) is 51.0 Å². The van der Waals surface area contributed by atoms with Gasteiger partial charge in [0.15, 0.2) is 0 Å². The van der Waals surface area contributed by atoms with Crippen LogP contribution in [0.25, 0.3) is 0 Å². The number of thiophene rings is 1. The number of thiocarbonyl (C=S) groups is 1. The molecular formula is C14H20N2OS2. The molecule has 0 radical (unpaired) electrons. The highest BCUT2D eigenvalue weighted by atomic mass is 32.1. The Hall–Kier alpha value is -0.940. The van der Waals surface area contributed by atoms with Crippen molar-refractivity contribution in [2.75, 3.05) is 0 Å². The molecular weight excluding hydrogens is 276 g/mol. The fraction of sp³-hybridized carbons (Fsp3) is 0.571. The van der Waals surface area contributed by atoms with Crippen LogP contribution in [0.4, 0.5) is 0 Å². The van der Waals surface area contributed by atoms with Gasteiger partial charge in [0.1, 0.15) is 0 Å².